The lowest BCUT2D eigenvalue weighted by atomic mass is 9.88. The summed E-state index contributed by atoms with van der Waals surface area (Å²) in [5, 5.41) is 3.51. The van der Waals surface area contributed by atoms with Crippen molar-refractivity contribution in [2.24, 2.45) is 11.0 Å². The molecule has 0 bridgehead atoms. The van der Waals surface area contributed by atoms with E-state index in [1.165, 1.54) is 6.07 Å². The van der Waals surface area contributed by atoms with Crippen LogP contribution in [0.25, 0.3) is 0 Å². The van der Waals surface area contributed by atoms with E-state index in [1.807, 2.05) is 0 Å². The molecule has 26 heavy (non-hydrogen) atoms. The molecule has 0 spiro atoms. The fourth-order valence-electron chi connectivity index (χ4n) is 2.29. The van der Waals surface area contributed by atoms with Crippen molar-refractivity contribution < 1.29 is 22.4 Å². The summed E-state index contributed by atoms with van der Waals surface area (Å²) >= 11 is 11.6. The van der Waals surface area contributed by atoms with Crippen LogP contribution in [0.1, 0.15) is 12.0 Å². The number of nitrogens with zero attached hydrogens (tertiary/aromatic N) is 1. The SMILES string of the molecule is C=C/C(F)=C(\C=C\C1=NOC(c2cc(Cl)cc(Cl)c2)(C(F)(F)F)C1)NN. The van der Waals surface area contributed by atoms with Crippen LogP contribution in [0.3, 0.4) is 0 Å². The molecule has 10 heteroatoms. The van der Waals surface area contributed by atoms with Gasteiger partial charge in [0.1, 0.15) is 5.83 Å². The number of nitrogens with two attached hydrogens (primary N) is 1. The van der Waals surface area contributed by atoms with Crippen molar-refractivity contribution in [2.45, 2.75) is 18.2 Å². The maximum Gasteiger partial charge on any atom is 0.435 e. The molecule has 1 aromatic rings. The van der Waals surface area contributed by atoms with Crippen molar-refractivity contribution in [2.75, 3.05) is 0 Å². The second-order valence-electron chi connectivity index (χ2n) is 5.28. The van der Waals surface area contributed by atoms with Gasteiger partial charge < -0.3 is 10.3 Å². The van der Waals surface area contributed by atoms with Crippen LogP contribution in [-0.4, -0.2) is 11.9 Å². The first-order valence-electron chi connectivity index (χ1n) is 7.08. The molecular weight excluding hydrogens is 397 g/mol. The van der Waals surface area contributed by atoms with Gasteiger partial charge in [-0.3, -0.25) is 5.84 Å². The number of alkyl halides is 3. The summed E-state index contributed by atoms with van der Waals surface area (Å²) in [4.78, 5) is 4.78. The molecule has 3 N–H and O–H groups in total. The third kappa shape index (κ3) is 4.03. The number of benzene rings is 1. The number of allylic oxidation sites excluding steroid dienone is 4. The van der Waals surface area contributed by atoms with Crippen LogP contribution < -0.4 is 11.3 Å². The Kier molecular flexibility index (Phi) is 6.00. The number of hydrogen-bond donors (Lipinski definition) is 2. The molecule has 2 rings (SSSR count). The first kappa shape index (κ1) is 20.3. The highest BCUT2D eigenvalue weighted by Crippen LogP contribution is 2.49. The van der Waals surface area contributed by atoms with Crippen LogP contribution in [-0.2, 0) is 10.4 Å². The number of rotatable bonds is 5. The Hall–Kier alpha value is -2.03. The van der Waals surface area contributed by atoms with E-state index in [4.69, 9.17) is 33.9 Å². The molecule has 4 nitrogen and oxygen atoms in total. The summed E-state index contributed by atoms with van der Waals surface area (Å²) in [7, 11) is 0. The molecule has 1 aliphatic heterocycles. The van der Waals surface area contributed by atoms with Crippen LogP contribution >= 0.6 is 23.2 Å². The molecule has 0 amide bonds. The van der Waals surface area contributed by atoms with Gasteiger partial charge in [0.2, 0.25) is 0 Å². The van der Waals surface area contributed by atoms with Gasteiger partial charge in [-0.15, -0.1) is 0 Å². The minimum atomic E-state index is -4.81. The van der Waals surface area contributed by atoms with Crippen molar-refractivity contribution in [1.82, 2.24) is 5.43 Å². The highest BCUT2D eigenvalue weighted by Gasteiger charge is 2.62. The van der Waals surface area contributed by atoms with Crippen LogP contribution in [0.4, 0.5) is 17.6 Å². The van der Waals surface area contributed by atoms with Crippen molar-refractivity contribution in [3.63, 3.8) is 0 Å². The molecule has 0 saturated carbocycles. The molecule has 1 aliphatic rings. The molecule has 0 saturated heterocycles. The van der Waals surface area contributed by atoms with Gasteiger partial charge in [-0.2, -0.15) is 13.2 Å². The van der Waals surface area contributed by atoms with Gasteiger partial charge in [0.05, 0.1) is 11.4 Å². The zero-order valence-corrected chi connectivity index (χ0v) is 14.6. The largest absolute Gasteiger partial charge is 0.435 e. The molecule has 0 radical (unpaired) electrons. The highest BCUT2D eigenvalue weighted by atomic mass is 35.5. The average molecular weight is 410 g/mol. The standard InChI is InChI=1S/C16H13Cl2F4N3O/c1-2-13(19)14(24-23)4-3-12-8-15(26-25-12,16(20,21)22)9-5-10(17)7-11(18)6-9/h2-7,24H,1,8,23H2/b4-3+,14-13-. The summed E-state index contributed by atoms with van der Waals surface area (Å²) in [5.41, 5.74) is -1.24. The smallest absolute Gasteiger partial charge is 0.374 e. The number of hydrogen-bond acceptors (Lipinski definition) is 4. The number of halogens is 6. The lowest BCUT2D eigenvalue weighted by Gasteiger charge is -2.29. The number of hydrazine groups is 1. The fraction of sp³-hybridized carbons (Fsp3) is 0.188. The second kappa shape index (κ2) is 7.69. The van der Waals surface area contributed by atoms with Crippen LogP contribution in [0, 0.1) is 0 Å². The van der Waals surface area contributed by atoms with Gasteiger partial charge in [-0.1, -0.05) is 34.9 Å². The van der Waals surface area contributed by atoms with E-state index in [-0.39, 0.29) is 27.0 Å². The monoisotopic (exact) mass is 409 g/mol. The van der Waals surface area contributed by atoms with E-state index in [9.17, 15) is 17.6 Å². The van der Waals surface area contributed by atoms with Crippen molar-refractivity contribution in [1.29, 1.82) is 0 Å². The molecule has 1 unspecified atom stereocenters. The van der Waals surface area contributed by atoms with Crippen molar-refractivity contribution >= 4 is 28.9 Å². The minimum Gasteiger partial charge on any atom is -0.374 e. The highest BCUT2D eigenvalue weighted by molar-refractivity contribution is 6.34. The number of oxime groups is 1. The van der Waals surface area contributed by atoms with Crippen LogP contribution in [0.5, 0.6) is 0 Å². The lowest BCUT2D eigenvalue weighted by molar-refractivity contribution is -0.275. The van der Waals surface area contributed by atoms with Gasteiger partial charge in [0, 0.05) is 22.0 Å². The Bertz CT molecular complexity index is 785. The Balaban J connectivity index is 2.38. The van der Waals surface area contributed by atoms with E-state index in [1.54, 1.807) is 0 Å². The molecule has 140 valence electrons. The predicted molar refractivity (Wildman–Crippen MR) is 92.1 cm³/mol. The quantitative estimate of drug-likeness (QED) is 0.314. The molecular formula is C16H13Cl2F4N3O. The summed E-state index contributed by atoms with van der Waals surface area (Å²) in [6, 6.07) is 3.51. The Morgan fingerprint density at radius 2 is 1.92 bits per heavy atom. The normalized spacial score (nSPS) is 21.3. The van der Waals surface area contributed by atoms with Gasteiger partial charge in [-0.05, 0) is 36.4 Å². The van der Waals surface area contributed by atoms with Crippen LogP contribution in [0.15, 0.2) is 59.7 Å². The van der Waals surface area contributed by atoms with E-state index in [0.717, 1.165) is 30.4 Å². The van der Waals surface area contributed by atoms with E-state index >= 15 is 0 Å². The zero-order chi connectivity index (χ0) is 19.5. The molecule has 0 fully saturated rings. The Labute approximate surface area is 156 Å². The molecule has 0 aromatic heterocycles. The first-order chi connectivity index (χ1) is 12.1. The molecule has 1 aromatic carbocycles. The van der Waals surface area contributed by atoms with Gasteiger partial charge >= 0.3 is 6.18 Å². The van der Waals surface area contributed by atoms with Gasteiger partial charge in [0.15, 0.2) is 0 Å². The Morgan fingerprint density at radius 3 is 2.42 bits per heavy atom. The van der Waals surface area contributed by atoms with Crippen molar-refractivity contribution in [3.8, 4) is 0 Å². The third-order valence-corrected chi connectivity index (χ3v) is 4.01. The lowest BCUT2D eigenvalue weighted by Crippen LogP contribution is -2.42. The summed E-state index contributed by atoms with van der Waals surface area (Å²) in [5.74, 6) is 4.37. The van der Waals surface area contributed by atoms with Crippen molar-refractivity contribution in [3.05, 3.63) is 70.1 Å². The topological polar surface area (TPSA) is 59.6 Å². The van der Waals surface area contributed by atoms with Gasteiger partial charge in [0.25, 0.3) is 5.60 Å². The molecule has 1 atom stereocenters. The first-order valence-corrected chi connectivity index (χ1v) is 7.84. The second-order valence-corrected chi connectivity index (χ2v) is 6.15. The zero-order valence-electron chi connectivity index (χ0n) is 13.1. The summed E-state index contributed by atoms with van der Waals surface area (Å²) in [6.07, 6.45) is -2.30. The molecule has 1 heterocycles. The van der Waals surface area contributed by atoms with E-state index in [0.29, 0.717) is 0 Å². The summed E-state index contributed by atoms with van der Waals surface area (Å²) < 4.78 is 54.7. The van der Waals surface area contributed by atoms with E-state index < -0.39 is 24.0 Å². The Morgan fingerprint density at radius 1 is 1.31 bits per heavy atom. The fourth-order valence-corrected chi connectivity index (χ4v) is 2.82. The maximum absolute atomic E-state index is 13.8. The minimum absolute atomic E-state index is 0.0225. The van der Waals surface area contributed by atoms with Gasteiger partial charge in [-0.25, -0.2) is 4.39 Å². The molecule has 0 aliphatic carbocycles. The maximum atomic E-state index is 13.8. The number of nitrogens with one attached hydrogen (secondary N) is 1. The predicted octanol–water partition coefficient (Wildman–Crippen LogP) is 4.91. The average Bonchev–Trinajstić information content (AvgIpc) is 2.99. The third-order valence-electron chi connectivity index (χ3n) is 3.57. The summed E-state index contributed by atoms with van der Waals surface area (Å²) in [6.45, 7) is 3.23. The van der Waals surface area contributed by atoms with Crippen LogP contribution in [0.2, 0.25) is 10.0 Å². The van der Waals surface area contributed by atoms with E-state index in [2.05, 4.69) is 17.2 Å².